The molecule has 1 saturated carbocycles. The largest absolute Gasteiger partial charge is 0.302 e. The van der Waals surface area contributed by atoms with Crippen molar-refractivity contribution in [1.82, 2.24) is 15.1 Å². The van der Waals surface area contributed by atoms with Crippen molar-refractivity contribution in [3.8, 4) is 0 Å². The highest BCUT2D eigenvalue weighted by Gasteiger charge is 2.81. The van der Waals surface area contributed by atoms with E-state index in [1.807, 2.05) is 0 Å². The lowest BCUT2D eigenvalue weighted by molar-refractivity contribution is 0.215. The minimum Gasteiger partial charge on any atom is -0.302 e. The van der Waals surface area contributed by atoms with Crippen molar-refractivity contribution in [2.24, 2.45) is 0 Å². The number of hydrogen-bond acceptors (Lipinski definition) is 3. The molecule has 2 rings (SSSR count). The van der Waals surface area contributed by atoms with Crippen molar-refractivity contribution < 1.29 is 0 Å². The van der Waals surface area contributed by atoms with Crippen LogP contribution in [-0.2, 0) is 0 Å². The molecule has 0 bridgehead atoms. The number of nitrogens with zero attached hydrogens (tertiary/aromatic N) is 2. The summed E-state index contributed by atoms with van der Waals surface area (Å²) in [6.07, 6.45) is 0. The first-order chi connectivity index (χ1) is 4.60. The summed E-state index contributed by atoms with van der Waals surface area (Å²) in [5, 5.41) is 3.42. The van der Waals surface area contributed by atoms with E-state index in [4.69, 9.17) is 0 Å². The first-order valence-electron chi connectivity index (χ1n) is 3.72. The summed E-state index contributed by atoms with van der Waals surface area (Å²) in [6, 6.07) is 1.50. The fraction of sp³-hybridized carbons (Fsp3) is 1.00. The van der Waals surface area contributed by atoms with Gasteiger partial charge in [0.2, 0.25) is 0 Å². The number of fused-ring (bicyclic) bond motifs is 1. The number of hydrogen-bond donors (Lipinski definition) is 1. The molecule has 1 heterocycles. The molecule has 0 amide bonds. The molecule has 3 nitrogen and oxygen atoms in total. The maximum Gasteiger partial charge on any atom is 0.106 e. The van der Waals surface area contributed by atoms with Crippen LogP contribution in [0.1, 0.15) is 0 Å². The fourth-order valence-electron chi connectivity index (χ4n) is 2.00. The molecule has 0 aromatic rings. The molecule has 2 aliphatic rings. The highest BCUT2D eigenvalue weighted by atomic mass is 15.6. The van der Waals surface area contributed by atoms with E-state index in [9.17, 15) is 0 Å². The molecule has 1 aliphatic heterocycles. The van der Waals surface area contributed by atoms with Crippen molar-refractivity contribution in [1.29, 1.82) is 0 Å². The van der Waals surface area contributed by atoms with E-state index in [1.165, 1.54) is 0 Å². The quantitative estimate of drug-likeness (QED) is 0.508. The van der Waals surface area contributed by atoms with Crippen LogP contribution in [0.25, 0.3) is 0 Å². The Hall–Kier alpha value is -0.120. The zero-order valence-corrected chi connectivity index (χ0v) is 7.05. The van der Waals surface area contributed by atoms with Gasteiger partial charge >= 0.3 is 0 Å². The molecule has 3 atom stereocenters. The molecule has 1 aliphatic carbocycles. The Bertz CT molecular complexity index is 166. The van der Waals surface area contributed by atoms with E-state index < -0.39 is 0 Å². The Morgan fingerprint density at radius 3 is 1.90 bits per heavy atom. The van der Waals surface area contributed by atoms with Gasteiger partial charge in [-0.2, -0.15) is 0 Å². The van der Waals surface area contributed by atoms with Crippen LogP contribution in [-0.4, -0.2) is 55.7 Å². The van der Waals surface area contributed by atoms with E-state index >= 15 is 0 Å². The Kier molecular flexibility index (Phi) is 1.02. The van der Waals surface area contributed by atoms with Gasteiger partial charge in [-0.05, 0) is 28.2 Å². The maximum atomic E-state index is 3.42. The second-order valence-corrected chi connectivity index (χ2v) is 3.75. The first-order valence-corrected chi connectivity index (χ1v) is 3.72. The van der Waals surface area contributed by atoms with Gasteiger partial charge in [0.25, 0.3) is 0 Å². The highest BCUT2D eigenvalue weighted by Crippen LogP contribution is 2.54. The van der Waals surface area contributed by atoms with Gasteiger partial charge in [0, 0.05) is 0 Å². The topological polar surface area (TPSA) is 28.4 Å². The molecular formula is C7H15N3. The fourth-order valence-corrected chi connectivity index (χ4v) is 2.00. The average Bonchev–Trinajstić information content (AvgIpc) is 2.41. The lowest BCUT2D eigenvalue weighted by Gasteiger charge is -2.22. The van der Waals surface area contributed by atoms with Gasteiger partial charge in [0.15, 0.2) is 0 Å². The molecule has 0 spiro atoms. The number of rotatable bonds is 2. The minimum atomic E-state index is 0.365. The van der Waals surface area contributed by atoms with Crippen molar-refractivity contribution in [2.45, 2.75) is 17.7 Å². The Morgan fingerprint density at radius 2 is 1.80 bits per heavy atom. The molecule has 3 heteroatoms. The zero-order valence-electron chi connectivity index (χ0n) is 7.05. The third-order valence-corrected chi connectivity index (χ3v) is 2.73. The smallest absolute Gasteiger partial charge is 0.106 e. The third-order valence-electron chi connectivity index (χ3n) is 2.73. The van der Waals surface area contributed by atoms with Crippen molar-refractivity contribution in [3.05, 3.63) is 0 Å². The molecule has 2 fully saturated rings. The monoisotopic (exact) mass is 141 g/mol. The van der Waals surface area contributed by atoms with Gasteiger partial charge in [-0.3, -0.25) is 10.2 Å². The third kappa shape index (κ3) is 0.516. The molecule has 1 saturated heterocycles. The average molecular weight is 141 g/mol. The molecule has 0 radical (unpaired) electrons. The van der Waals surface area contributed by atoms with Gasteiger partial charge in [0.1, 0.15) is 5.66 Å². The van der Waals surface area contributed by atoms with Crippen LogP contribution in [0.2, 0.25) is 0 Å². The van der Waals surface area contributed by atoms with E-state index in [0.29, 0.717) is 5.66 Å². The highest BCUT2D eigenvalue weighted by molar-refractivity contribution is 5.40. The number of nitrogens with one attached hydrogen (secondary N) is 1. The first kappa shape index (κ1) is 6.58. The van der Waals surface area contributed by atoms with E-state index in [1.54, 1.807) is 0 Å². The SMILES string of the molecule is CN(C)C1C2NC21N(C)C. The summed E-state index contributed by atoms with van der Waals surface area (Å²) >= 11 is 0. The molecular weight excluding hydrogens is 126 g/mol. The van der Waals surface area contributed by atoms with Gasteiger partial charge < -0.3 is 4.90 Å². The lowest BCUT2D eigenvalue weighted by atomic mass is 10.4. The van der Waals surface area contributed by atoms with Crippen LogP contribution in [0, 0.1) is 0 Å². The second-order valence-electron chi connectivity index (χ2n) is 3.75. The predicted octanol–water partition coefficient (Wildman–Crippen LogP) is -0.840. The lowest BCUT2D eigenvalue weighted by Crippen LogP contribution is -2.43. The normalized spacial score (nSPS) is 49.8. The molecule has 58 valence electrons. The van der Waals surface area contributed by atoms with Gasteiger partial charge in [-0.1, -0.05) is 0 Å². The van der Waals surface area contributed by atoms with Crippen LogP contribution < -0.4 is 5.32 Å². The molecule has 0 aromatic heterocycles. The van der Waals surface area contributed by atoms with Gasteiger partial charge in [-0.25, -0.2) is 0 Å². The summed E-state index contributed by atoms with van der Waals surface area (Å²) in [6.45, 7) is 0. The standard InChI is InChI=1S/C7H15N3/c1-9(2)6-5-7(6,8-5)10(3)4/h5-6,8H,1-4H3. The maximum absolute atomic E-state index is 3.42. The van der Waals surface area contributed by atoms with Crippen molar-refractivity contribution in [3.63, 3.8) is 0 Å². The Balaban J connectivity index is 2.01. The van der Waals surface area contributed by atoms with Crippen molar-refractivity contribution in [2.75, 3.05) is 28.2 Å². The van der Waals surface area contributed by atoms with Crippen LogP contribution in [0.5, 0.6) is 0 Å². The predicted molar refractivity (Wildman–Crippen MR) is 40.8 cm³/mol. The summed E-state index contributed by atoms with van der Waals surface area (Å²) < 4.78 is 0. The minimum absolute atomic E-state index is 0.365. The van der Waals surface area contributed by atoms with Crippen LogP contribution >= 0.6 is 0 Å². The summed E-state index contributed by atoms with van der Waals surface area (Å²) in [5.41, 5.74) is 0.365. The molecule has 0 aromatic carbocycles. The van der Waals surface area contributed by atoms with Crippen LogP contribution in [0.3, 0.4) is 0 Å². The summed E-state index contributed by atoms with van der Waals surface area (Å²) in [5.74, 6) is 0. The van der Waals surface area contributed by atoms with Crippen LogP contribution in [0.15, 0.2) is 0 Å². The summed E-state index contributed by atoms with van der Waals surface area (Å²) in [4.78, 5) is 4.57. The van der Waals surface area contributed by atoms with E-state index in [2.05, 4.69) is 43.3 Å². The molecule has 3 unspecified atom stereocenters. The van der Waals surface area contributed by atoms with Gasteiger partial charge in [0.05, 0.1) is 12.1 Å². The Labute approximate surface area is 62.0 Å². The van der Waals surface area contributed by atoms with Crippen molar-refractivity contribution >= 4 is 0 Å². The number of likely N-dealkylation sites (N-methyl/N-ethyl adjacent to an activating group) is 2. The van der Waals surface area contributed by atoms with E-state index in [0.717, 1.165) is 12.1 Å². The Morgan fingerprint density at radius 1 is 1.20 bits per heavy atom. The molecule has 10 heavy (non-hydrogen) atoms. The zero-order chi connectivity index (χ0) is 7.52. The molecule has 1 N–H and O–H groups in total. The summed E-state index contributed by atoms with van der Waals surface area (Å²) in [7, 11) is 8.56. The van der Waals surface area contributed by atoms with E-state index in [-0.39, 0.29) is 0 Å². The second kappa shape index (κ2) is 1.55. The van der Waals surface area contributed by atoms with Gasteiger partial charge in [-0.15, -0.1) is 0 Å². The van der Waals surface area contributed by atoms with Crippen LogP contribution in [0.4, 0.5) is 0 Å².